The number of benzene rings is 17. The number of rotatable bonds is 16. The Bertz CT molecular complexity index is 8900. The van der Waals surface area contributed by atoms with Crippen LogP contribution in [0.25, 0.3) is 91.1 Å². The highest BCUT2D eigenvalue weighted by Crippen LogP contribution is 2.62. The fourth-order valence-electron chi connectivity index (χ4n) is 20.3. The first-order valence-corrected chi connectivity index (χ1v) is 54.3. The summed E-state index contributed by atoms with van der Waals surface area (Å²) in [4.78, 5) is 18.3. The predicted molar refractivity (Wildman–Crippen MR) is 613 cm³/mol. The van der Waals surface area contributed by atoms with Gasteiger partial charge in [0.25, 0.3) is 0 Å². The minimum atomic E-state index is -2.61. The van der Waals surface area contributed by atoms with E-state index in [9.17, 15) is 21.0 Å². The molecule has 0 atom stereocenters. The maximum absolute atomic E-state index is 10.6. The second-order valence-electron chi connectivity index (χ2n) is 34.4. The molecule has 15 heteroatoms. The molecule has 145 heavy (non-hydrogen) atoms. The zero-order chi connectivity index (χ0) is 99.1. The van der Waals surface area contributed by atoms with Crippen molar-refractivity contribution in [2.45, 2.75) is 0 Å². The van der Waals surface area contributed by atoms with Crippen LogP contribution >= 0.6 is 27.5 Å². The van der Waals surface area contributed by atoms with Gasteiger partial charge in [-0.2, -0.15) is 21.0 Å². The fourth-order valence-corrected chi connectivity index (χ4v) is 35.6. The van der Waals surface area contributed by atoms with E-state index in [0.717, 1.165) is 132 Å². The number of hydrogen-bond donors (Lipinski definition) is 0. The smallest absolute Gasteiger partial charge is 0.196 e. The first-order chi connectivity index (χ1) is 71.6. The van der Waals surface area contributed by atoms with Gasteiger partial charge in [0.1, 0.15) is 0 Å². The number of para-hydroxylation sites is 6. The molecule has 2 aromatic heterocycles. The van der Waals surface area contributed by atoms with Crippen LogP contribution in [0.5, 0.6) is 0 Å². The molecule has 0 unspecified atom stereocenters. The van der Waals surface area contributed by atoms with Crippen LogP contribution in [0.15, 0.2) is 550 Å². The minimum absolute atomic E-state index is 0.614. The molecule has 6 heterocycles. The van der Waals surface area contributed by atoms with Crippen molar-refractivity contribution in [3.05, 3.63) is 612 Å². The first kappa shape index (κ1) is 93.8. The van der Waals surface area contributed by atoms with Crippen molar-refractivity contribution in [1.82, 2.24) is 9.13 Å². The van der Waals surface area contributed by atoms with Crippen molar-refractivity contribution in [2.75, 3.05) is 4.90 Å². The van der Waals surface area contributed by atoms with Gasteiger partial charge in [-0.1, -0.05) is 394 Å². The maximum Gasteiger partial charge on any atom is 0.196 e. The molecule has 4 aliphatic rings. The Morgan fingerprint density at radius 2 is 0.462 bits per heavy atom. The lowest BCUT2D eigenvalue weighted by atomic mass is 10.0. The quantitative estimate of drug-likeness (QED) is 0.0703. The average molecular weight is 1930 g/mol. The van der Waals surface area contributed by atoms with Crippen molar-refractivity contribution in [3.8, 4) is 35.7 Å². The van der Waals surface area contributed by atoms with Crippen molar-refractivity contribution < 1.29 is 0 Å². The molecule has 0 amide bonds. The highest BCUT2D eigenvalue weighted by molar-refractivity contribution is 7.95. The molecule has 0 bridgehead atoms. The van der Waals surface area contributed by atoms with Gasteiger partial charge in [0.05, 0.1) is 93.8 Å². The van der Waals surface area contributed by atoms with Gasteiger partial charge < -0.3 is 14.0 Å². The zero-order valence-electron chi connectivity index (χ0n) is 78.4. The Hall–Kier alpha value is -18.8. The van der Waals surface area contributed by atoms with E-state index in [1.807, 2.05) is 285 Å². The Balaban J connectivity index is 0.000000120. The number of allylic oxidation sites excluding steroid dienone is 12. The van der Waals surface area contributed by atoms with Crippen LogP contribution in [0.4, 0.5) is 17.1 Å². The van der Waals surface area contributed by atoms with Crippen LogP contribution in [0.3, 0.4) is 0 Å². The summed E-state index contributed by atoms with van der Waals surface area (Å²) in [5.74, 6) is 0. The van der Waals surface area contributed by atoms with E-state index >= 15 is 0 Å². The van der Waals surface area contributed by atoms with E-state index in [2.05, 4.69) is 294 Å². The highest BCUT2D eigenvalue weighted by atomic mass is 31.2. The topological polar surface area (TPSA) is 126 Å². The number of hydrogen-bond acceptors (Lipinski definition) is 5. The summed E-state index contributed by atoms with van der Waals surface area (Å²) in [7, 11) is 0. The summed E-state index contributed by atoms with van der Waals surface area (Å²) in [5.41, 5.74) is 18.0. The van der Waals surface area contributed by atoms with Crippen LogP contribution in [-0.4, -0.2) is 30.3 Å². The summed E-state index contributed by atoms with van der Waals surface area (Å²) < 4.78 is 4.58. The van der Waals surface area contributed by atoms with E-state index in [4.69, 9.17) is 26.3 Å². The Morgan fingerprint density at radius 3 is 0.772 bits per heavy atom. The molecule has 23 rings (SSSR count). The standard InChI is InChI=1S/2C37H24N3P.C37H26N3P.C19H13N2P/c1-39-37-25-28(23-32(26-38)41(37,30-15-7-3-8-16-30)31-17-9-4-10-18-31)27-21-22-36-34(24-27)33-19-11-12-20-35(33)40(36)29-13-5-2-6-14-29;1-39-37-25-28(24-32(26-38)41(37,30-12-4-2-5-13-30)31-14-6-3-7-15-31)27-20-22-29(23-21-27)40-35-18-10-8-16-33(35)34-17-9-11-19-36(34)40;1-39-37-27-30(26-36(28-38)41(37,34-18-10-4-11-19-34)35-20-12-5-13-21-35)29-22-24-33(25-23-29)40(31-14-6-2-7-15-31)32-16-8-3-9-17-32;1-21-19-14-8-13-18(15-20)22(19,16-9-4-2-5-10-16)17-11-6-3-7-12-17/h2*2-25H;2-27H;2-14H. The van der Waals surface area contributed by atoms with E-state index in [0.29, 0.717) is 42.9 Å². The lowest BCUT2D eigenvalue weighted by molar-refractivity contribution is 1.18. The normalized spacial score (nSPS) is 14.3. The molecule has 0 spiro atoms. The summed E-state index contributed by atoms with van der Waals surface area (Å²) >= 11 is 0. The lowest BCUT2D eigenvalue weighted by Crippen LogP contribution is -2.23. The number of anilines is 3. The van der Waals surface area contributed by atoms with Crippen LogP contribution in [0.2, 0.25) is 0 Å². The van der Waals surface area contributed by atoms with E-state index in [-0.39, 0.29) is 0 Å². The third kappa shape index (κ3) is 17.1. The van der Waals surface area contributed by atoms with Gasteiger partial charge >= 0.3 is 0 Å². The van der Waals surface area contributed by atoms with Gasteiger partial charge in [-0.05, 0) is 209 Å². The Labute approximate surface area is 845 Å². The molecule has 0 saturated carbocycles. The van der Waals surface area contributed by atoms with Gasteiger partial charge in [0, 0.05) is 77.5 Å². The largest absolute Gasteiger partial charge is 0.311 e. The molecule has 0 radical (unpaired) electrons. The van der Waals surface area contributed by atoms with Gasteiger partial charge in [-0.3, -0.25) is 0 Å². The summed E-state index contributed by atoms with van der Waals surface area (Å²) in [5, 5.41) is 57.0. The van der Waals surface area contributed by atoms with Crippen molar-refractivity contribution in [2.24, 2.45) is 0 Å². The molecule has 682 valence electrons. The maximum atomic E-state index is 10.6. The Morgan fingerprint density at radius 1 is 0.221 bits per heavy atom. The van der Waals surface area contributed by atoms with Crippen LogP contribution in [0.1, 0.15) is 16.7 Å². The summed E-state index contributed by atoms with van der Waals surface area (Å²) in [6.45, 7) is 22.4. The molecular weight excluding hydrogens is 1840 g/mol. The van der Waals surface area contributed by atoms with Gasteiger partial charge in [-0.15, -0.1) is 0 Å². The van der Waals surface area contributed by atoms with Crippen LogP contribution in [0, 0.1) is 71.6 Å². The van der Waals surface area contributed by atoms with Crippen LogP contribution < -0.4 is 47.3 Å². The van der Waals surface area contributed by atoms with Crippen LogP contribution in [-0.2, 0) is 0 Å². The van der Waals surface area contributed by atoms with E-state index < -0.39 is 27.5 Å². The molecule has 19 aromatic rings. The molecule has 0 N–H and O–H groups in total. The fraction of sp³-hybridized carbons (Fsp3) is 0. The zero-order valence-corrected chi connectivity index (χ0v) is 82.0. The number of nitriles is 4. The molecule has 4 aliphatic heterocycles. The molecular formula is C130H87N11P4. The van der Waals surface area contributed by atoms with E-state index in [1.54, 1.807) is 6.08 Å². The lowest BCUT2D eigenvalue weighted by Gasteiger charge is -2.31. The third-order valence-corrected chi connectivity index (χ3v) is 42.8. The number of fused-ring (bicyclic) bond motifs is 6. The monoisotopic (exact) mass is 1930 g/mol. The average Bonchev–Trinajstić information content (AvgIpc) is 1.64. The summed E-state index contributed by atoms with van der Waals surface area (Å²) in [6.07, 6.45) is 17.5. The molecule has 0 fully saturated rings. The molecule has 17 aromatic carbocycles. The SMILES string of the molecule is [C-]#[N+]C1=CC(c2ccc(-n3c4ccccc4c4ccccc43)cc2)=CC(C#N)=P1(c1ccccc1)c1ccccc1.[C-]#[N+]C1=CC(c2ccc(N(c3ccccc3)c3ccccc3)cc2)=CC(C#N)=P1(c1ccccc1)c1ccccc1.[C-]#[N+]C1=CC(c2ccc3c(c2)c2ccccc2n3-c2ccccc2)=CC(C#N)=P1(c1ccccc1)c1ccccc1.[C-]#[N+]C1=CC=CC(C#N)=P1(c1ccccc1)c1ccccc1. The van der Waals surface area contributed by atoms with Gasteiger partial charge in [-0.25, -0.2) is 19.4 Å². The van der Waals surface area contributed by atoms with Gasteiger partial charge in [0.15, 0.2) is 21.8 Å². The van der Waals surface area contributed by atoms with Gasteiger partial charge in [0.2, 0.25) is 0 Å². The highest BCUT2D eigenvalue weighted by Gasteiger charge is 2.40. The van der Waals surface area contributed by atoms with E-state index in [1.165, 1.54) is 16.2 Å². The summed E-state index contributed by atoms with van der Waals surface area (Å²) in [6, 6.07) is 170. The second-order valence-corrected chi connectivity index (χ2v) is 47.6. The third-order valence-electron chi connectivity index (χ3n) is 26.7. The van der Waals surface area contributed by atoms with Crippen molar-refractivity contribution in [3.63, 3.8) is 0 Å². The van der Waals surface area contributed by atoms with Crippen molar-refractivity contribution >= 4 is 169 Å². The predicted octanol–water partition coefficient (Wildman–Crippen LogP) is 29.0. The second kappa shape index (κ2) is 42.1. The number of aromatic nitrogens is 2. The molecule has 0 aliphatic carbocycles. The first-order valence-electron chi connectivity index (χ1n) is 47.1. The molecule has 11 nitrogen and oxygen atoms in total. The minimum Gasteiger partial charge on any atom is -0.311 e. The van der Waals surface area contributed by atoms with Crippen molar-refractivity contribution in [1.29, 1.82) is 21.0 Å². The molecule has 0 saturated heterocycles. The number of nitrogens with zero attached hydrogens (tertiary/aromatic N) is 11. The Kier molecular flexibility index (Phi) is 27.2.